The van der Waals surface area contributed by atoms with Crippen molar-refractivity contribution in [3.05, 3.63) is 54.5 Å². The average molecular weight is 349 g/mol. The summed E-state index contributed by atoms with van der Waals surface area (Å²) in [5.74, 6) is -0.121. The lowest BCUT2D eigenvalue weighted by Gasteiger charge is -2.23. The van der Waals surface area contributed by atoms with Gasteiger partial charge in [-0.2, -0.15) is 0 Å². The lowest BCUT2D eigenvalue weighted by molar-refractivity contribution is -0.132. The van der Waals surface area contributed by atoms with Crippen LogP contribution in [0.3, 0.4) is 0 Å². The lowest BCUT2D eigenvalue weighted by Crippen LogP contribution is -2.39. The molecule has 1 amide bonds. The number of nitrogens with zero attached hydrogens (tertiary/aromatic N) is 2. The van der Waals surface area contributed by atoms with E-state index in [0.717, 1.165) is 17.7 Å². The third-order valence-corrected chi connectivity index (χ3v) is 4.94. The predicted molar refractivity (Wildman–Crippen MR) is 95.4 cm³/mol. The van der Waals surface area contributed by atoms with E-state index in [0.29, 0.717) is 18.7 Å². The number of H-pyrrole nitrogens is 1. The van der Waals surface area contributed by atoms with Gasteiger partial charge in [0, 0.05) is 23.2 Å². The van der Waals surface area contributed by atoms with Gasteiger partial charge in [0.1, 0.15) is 6.54 Å². The van der Waals surface area contributed by atoms with Crippen molar-refractivity contribution in [1.29, 1.82) is 0 Å². The van der Waals surface area contributed by atoms with Crippen LogP contribution in [-0.2, 0) is 17.9 Å². The number of hydrogen-bond donors (Lipinski definition) is 1. The first-order valence-corrected chi connectivity index (χ1v) is 8.91. The van der Waals surface area contributed by atoms with Crippen molar-refractivity contribution in [1.82, 2.24) is 14.5 Å². The zero-order chi connectivity index (χ0) is 17.7. The molecule has 0 aliphatic carbocycles. The van der Waals surface area contributed by atoms with Gasteiger partial charge in [-0.1, -0.05) is 13.3 Å². The Labute approximate surface area is 144 Å². The highest BCUT2D eigenvalue weighted by Crippen LogP contribution is 2.18. The zero-order valence-corrected chi connectivity index (χ0v) is 15.1. The minimum Gasteiger partial charge on any atom is -0.336 e. The summed E-state index contributed by atoms with van der Waals surface area (Å²) in [7, 11) is 0. The van der Waals surface area contributed by atoms with Crippen molar-refractivity contribution < 1.29 is 4.79 Å². The molecule has 2 aromatic rings. The molecule has 0 aliphatic rings. The Bertz CT molecular complexity index is 819. The third-order valence-electron chi connectivity index (χ3n) is 3.93. The van der Waals surface area contributed by atoms with Gasteiger partial charge in [-0.15, -0.1) is 11.3 Å². The van der Waals surface area contributed by atoms with Gasteiger partial charge in [0.2, 0.25) is 5.91 Å². The van der Waals surface area contributed by atoms with Crippen molar-refractivity contribution in [2.75, 3.05) is 6.54 Å². The number of hydrogen-bond acceptors (Lipinski definition) is 4. The molecule has 130 valence electrons. The van der Waals surface area contributed by atoms with E-state index in [2.05, 4.69) is 11.9 Å². The second-order valence-electron chi connectivity index (χ2n) is 5.89. The number of rotatable bonds is 7. The summed E-state index contributed by atoms with van der Waals surface area (Å²) < 4.78 is 1.26. The molecule has 7 heteroatoms. The van der Waals surface area contributed by atoms with Gasteiger partial charge < -0.3 is 4.90 Å². The molecule has 2 rings (SSSR count). The number of nitrogens with one attached hydrogen (secondary N) is 1. The molecule has 0 bridgehead atoms. The van der Waals surface area contributed by atoms with Crippen LogP contribution in [0.15, 0.2) is 27.2 Å². The van der Waals surface area contributed by atoms with Crippen LogP contribution < -0.4 is 11.2 Å². The number of carbonyl (C=O) groups excluding carboxylic acids is 1. The summed E-state index contributed by atoms with van der Waals surface area (Å²) in [5, 5.41) is 2.02. The van der Waals surface area contributed by atoms with Crippen LogP contribution in [0.2, 0.25) is 0 Å². The highest BCUT2D eigenvalue weighted by Gasteiger charge is 2.16. The standard InChI is InChI=1S/C17H23N3O3S/c1-4-5-7-19(10-14-12(2)6-8-24-14)15(21)11-20-9-13(3)16(22)18-17(20)23/h6,8-9H,4-5,7,10-11H2,1-3H3,(H,18,22,23). The molecule has 24 heavy (non-hydrogen) atoms. The van der Waals surface area contributed by atoms with Crippen LogP contribution in [0.4, 0.5) is 0 Å². The van der Waals surface area contributed by atoms with Crippen LogP contribution in [-0.4, -0.2) is 26.9 Å². The number of aromatic nitrogens is 2. The number of carbonyl (C=O) groups is 1. The number of unbranched alkanes of at least 4 members (excludes halogenated alkanes) is 1. The van der Waals surface area contributed by atoms with Crippen molar-refractivity contribution in [3.63, 3.8) is 0 Å². The lowest BCUT2D eigenvalue weighted by atomic mass is 10.2. The Kier molecular flexibility index (Phi) is 6.14. The monoisotopic (exact) mass is 349 g/mol. The summed E-state index contributed by atoms with van der Waals surface area (Å²) in [6, 6.07) is 2.04. The molecular formula is C17H23N3O3S. The van der Waals surface area contributed by atoms with Gasteiger partial charge in [-0.05, 0) is 37.3 Å². The normalized spacial score (nSPS) is 10.8. The summed E-state index contributed by atoms with van der Waals surface area (Å²) in [6.07, 6.45) is 3.34. The molecule has 0 spiro atoms. The Morgan fingerprint density at radius 1 is 1.29 bits per heavy atom. The van der Waals surface area contributed by atoms with E-state index < -0.39 is 11.2 Å². The molecule has 2 aromatic heterocycles. The van der Waals surface area contributed by atoms with E-state index in [1.54, 1.807) is 23.2 Å². The van der Waals surface area contributed by atoms with Gasteiger partial charge >= 0.3 is 5.69 Å². The van der Waals surface area contributed by atoms with Crippen molar-refractivity contribution >= 4 is 17.2 Å². The summed E-state index contributed by atoms with van der Waals surface area (Å²) in [6.45, 7) is 6.87. The van der Waals surface area contributed by atoms with E-state index in [-0.39, 0.29) is 12.5 Å². The Morgan fingerprint density at radius 2 is 2.04 bits per heavy atom. The average Bonchev–Trinajstić information content (AvgIpc) is 2.94. The fraction of sp³-hybridized carbons (Fsp3) is 0.471. The van der Waals surface area contributed by atoms with E-state index in [1.807, 2.05) is 18.4 Å². The molecule has 0 unspecified atom stereocenters. The van der Waals surface area contributed by atoms with E-state index >= 15 is 0 Å². The molecule has 0 saturated carbocycles. The molecule has 0 radical (unpaired) electrons. The minimum atomic E-state index is -0.554. The highest BCUT2D eigenvalue weighted by molar-refractivity contribution is 7.10. The fourth-order valence-electron chi connectivity index (χ4n) is 2.36. The van der Waals surface area contributed by atoms with Crippen LogP contribution in [0.5, 0.6) is 0 Å². The zero-order valence-electron chi connectivity index (χ0n) is 14.3. The van der Waals surface area contributed by atoms with Gasteiger partial charge in [0.25, 0.3) is 5.56 Å². The van der Waals surface area contributed by atoms with Gasteiger partial charge in [-0.25, -0.2) is 4.79 Å². The molecule has 1 N–H and O–H groups in total. The highest BCUT2D eigenvalue weighted by atomic mass is 32.1. The van der Waals surface area contributed by atoms with Gasteiger partial charge in [-0.3, -0.25) is 19.1 Å². The van der Waals surface area contributed by atoms with Crippen LogP contribution in [0.25, 0.3) is 0 Å². The largest absolute Gasteiger partial charge is 0.336 e. The number of aromatic amines is 1. The molecule has 0 aromatic carbocycles. The number of aryl methyl sites for hydroxylation is 2. The van der Waals surface area contributed by atoms with Crippen LogP contribution in [0, 0.1) is 13.8 Å². The van der Waals surface area contributed by atoms with Crippen molar-refractivity contribution in [3.8, 4) is 0 Å². The molecule has 0 saturated heterocycles. The first-order chi connectivity index (χ1) is 11.4. The van der Waals surface area contributed by atoms with Gasteiger partial charge in [0.05, 0.1) is 6.54 Å². The smallest absolute Gasteiger partial charge is 0.328 e. The minimum absolute atomic E-state index is 0.0649. The van der Waals surface area contributed by atoms with E-state index in [4.69, 9.17) is 0 Å². The van der Waals surface area contributed by atoms with E-state index in [9.17, 15) is 14.4 Å². The maximum absolute atomic E-state index is 12.7. The van der Waals surface area contributed by atoms with E-state index in [1.165, 1.54) is 16.3 Å². The molecule has 0 fully saturated rings. The molecule has 6 nitrogen and oxygen atoms in total. The third kappa shape index (κ3) is 4.44. The van der Waals surface area contributed by atoms with Crippen molar-refractivity contribution in [2.24, 2.45) is 0 Å². The second kappa shape index (κ2) is 8.10. The maximum atomic E-state index is 12.7. The SMILES string of the molecule is CCCCN(Cc1sccc1C)C(=O)Cn1cc(C)c(=O)[nH]c1=O. The Hall–Kier alpha value is -2.15. The number of thiophene rings is 1. The summed E-state index contributed by atoms with van der Waals surface area (Å²) in [5.41, 5.74) is 0.616. The van der Waals surface area contributed by atoms with Crippen molar-refractivity contribution in [2.45, 2.75) is 46.7 Å². The predicted octanol–water partition coefficient (Wildman–Crippen LogP) is 2.04. The quantitative estimate of drug-likeness (QED) is 0.831. The summed E-state index contributed by atoms with van der Waals surface area (Å²) in [4.78, 5) is 41.2. The Balaban J connectivity index is 2.18. The van der Waals surface area contributed by atoms with Crippen LogP contribution >= 0.6 is 11.3 Å². The molecule has 2 heterocycles. The molecule has 0 atom stereocenters. The summed E-state index contributed by atoms with van der Waals surface area (Å²) >= 11 is 1.63. The first kappa shape index (κ1) is 18.2. The van der Waals surface area contributed by atoms with Gasteiger partial charge in [0.15, 0.2) is 0 Å². The first-order valence-electron chi connectivity index (χ1n) is 8.03. The second-order valence-corrected chi connectivity index (χ2v) is 6.90. The molecular weight excluding hydrogens is 326 g/mol. The topological polar surface area (TPSA) is 75.2 Å². The number of amides is 1. The maximum Gasteiger partial charge on any atom is 0.328 e. The fourth-order valence-corrected chi connectivity index (χ4v) is 3.28. The molecule has 0 aliphatic heterocycles. The Morgan fingerprint density at radius 3 is 2.67 bits per heavy atom. The van der Waals surface area contributed by atoms with Crippen LogP contribution in [0.1, 0.15) is 35.8 Å².